The van der Waals surface area contributed by atoms with Crippen LogP contribution in [0.5, 0.6) is 11.5 Å². The second-order valence-electron chi connectivity index (χ2n) is 8.66. The fourth-order valence-corrected chi connectivity index (χ4v) is 4.19. The lowest BCUT2D eigenvalue weighted by atomic mass is 9.94. The molecule has 0 N–H and O–H groups in total. The summed E-state index contributed by atoms with van der Waals surface area (Å²) in [6.07, 6.45) is 8.54. The number of hydrogen-bond acceptors (Lipinski definition) is 5. The number of nitrogens with zero attached hydrogens (tertiary/aromatic N) is 1. The lowest BCUT2D eigenvalue weighted by molar-refractivity contribution is -0.0165. The van der Waals surface area contributed by atoms with Gasteiger partial charge in [-0.15, -0.1) is 0 Å². The van der Waals surface area contributed by atoms with Crippen molar-refractivity contribution < 1.29 is 19.0 Å². The molecule has 1 fully saturated rings. The molecule has 2 aromatic rings. The second-order valence-corrected chi connectivity index (χ2v) is 8.66. The van der Waals surface area contributed by atoms with Crippen LogP contribution in [0, 0.1) is 13.8 Å². The summed E-state index contributed by atoms with van der Waals surface area (Å²) in [4.78, 5) is 4.85. The Hall–Kier alpha value is -2.79. The zero-order valence-electron chi connectivity index (χ0n) is 20.6. The molecule has 5 heteroatoms. The van der Waals surface area contributed by atoms with Gasteiger partial charge in [-0.25, -0.2) is 0 Å². The first-order valence-electron chi connectivity index (χ1n) is 11.8. The zero-order valence-corrected chi connectivity index (χ0v) is 20.6. The van der Waals surface area contributed by atoms with Gasteiger partial charge in [0.25, 0.3) is 0 Å². The number of aryl methyl sites for hydroxylation is 2. The van der Waals surface area contributed by atoms with Gasteiger partial charge in [0.05, 0.1) is 18.4 Å². The molecule has 1 saturated carbocycles. The maximum atomic E-state index is 6.47. The van der Waals surface area contributed by atoms with Gasteiger partial charge in [0.15, 0.2) is 0 Å². The molecule has 2 atom stereocenters. The van der Waals surface area contributed by atoms with E-state index >= 15 is 0 Å². The molecule has 2 aromatic carbocycles. The van der Waals surface area contributed by atoms with E-state index in [0.717, 1.165) is 65.1 Å². The van der Waals surface area contributed by atoms with Gasteiger partial charge in [-0.05, 0) is 81.3 Å². The third-order valence-corrected chi connectivity index (χ3v) is 5.96. The Kier molecular flexibility index (Phi) is 9.37. The third-order valence-electron chi connectivity index (χ3n) is 5.96. The van der Waals surface area contributed by atoms with Crippen LogP contribution in [0.4, 0.5) is 0 Å². The fraction of sp³-hybridized carbons (Fsp3) is 0.464. The molecule has 178 valence electrons. The standard InChI is InChI=1S/C28H37NO4/c1-6-7-15-31-27-16-20(2)28(21(3)17-27)33-26-10-8-9-25(18-26)32-19-23-11-13-24(14-12-23)22(4)29-30-5/h6-7,11-14,16-17,25-26H,8-10,15,18-19H2,1-5H3/b7-6+,29-22+. The molecule has 33 heavy (non-hydrogen) atoms. The van der Waals surface area contributed by atoms with Gasteiger partial charge in [-0.3, -0.25) is 0 Å². The first-order valence-corrected chi connectivity index (χ1v) is 11.8. The van der Waals surface area contributed by atoms with Gasteiger partial charge in [-0.1, -0.05) is 41.6 Å². The minimum atomic E-state index is 0.172. The van der Waals surface area contributed by atoms with E-state index in [0.29, 0.717) is 13.2 Å². The van der Waals surface area contributed by atoms with Gasteiger partial charge in [0.1, 0.15) is 31.3 Å². The van der Waals surface area contributed by atoms with Crippen LogP contribution in [-0.2, 0) is 16.2 Å². The molecular weight excluding hydrogens is 414 g/mol. The van der Waals surface area contributed by atoms with Crippen molar-refractivity contribution >= 4 is 5.71 Å². The Morgan fingerprint density at radius 3 is 2.42 bits per heavy atom. The highest BCUT2D eigenvalue weighted by Crippen LogP contribution is 2.33. The van der Waals surface area contributed by atoms with Crippen LogP contribution in [0.25, 0.3) is 0 Å². The van der Waals surface area contributed by atoms with E-state index in [1.54, 1.807) is 7.11 Å². The van der Waals surface area contributed by atoms with Crippen molar-refractivity contribution in [3.63, 3.8) is 0 Å². The van der Waals surface area contributed by atoms with E-state index in [1.807, 2.05) is 26.0 Å². The third kappa shape index (κ3) is 7.36. The predicted octanol–water partition coefficient (Wildman–Crippen LogP) is 6.54. The molecule has 0 amide bonds. The molecule has 0 aliphatic heterocycles. The van der Waals surface area contributed by atoms with Crippen LogP contribution < -0.4 is 9.47 Å². The average molecular weight is 452 g/mol. The van der Waals surface area contributed by atoms with Crippen LogP contribution in [0.15, 0.2) is 53.7 Å². The number of allylic oxidation sites excluding steroid dienone is 1. The van der Waals surface area contributed by atoms with E-state index in [1.165, 1.54) is 0 Å². The molecule has 2 unspecified atom stereocenters. The van der Waals surface area contributed by atoms with E-state index in [-0.39, 0.29) is 12.2 Å². The number of hydrogen-bond donors (Lipinski definition) is 0. The lowest BCUT2D eigenvalue weighted by Gasteiger charge is -2.30. The highest BCUT2D eigenvalue weighted by atomic mass is 16.6. The van der Waals surface area contributed by atoms with Gasteiger partial charge in [0.2, 0.25) is 0 Å². The Bertz CT molecular complexity index is 926. The van der Waals surface area contributed by atoms with E-state index in [9.17, 15) is 0 Å². The lowest BCUT2D eigenvalue weighted by Crippen LogP contribution is -2.30. The molecule has 0 spiro atoms. The minimum Gasteiger partial charge on any atom is -0.490 e. The predicted molar refractivity (Wildman–Crippen MR) is 133 cm³/mol. The quantitative estimate of drug-likeness (QED) is 0.234. The Morgan fingerprint density at radius 1 is 1.06 bits per heavy atom. The van der Waals surface area contributed by atoms with Crippen molar-refractivity contribution in [1.29, 1.82) is 0 Å². The molecule has 0 heterocycles. The summed E-state index contributed by atoms with van der Waals surface area (Å²) in [7, 11) is 1.56. The normalized spacial score (nSPS) is 19.0. The monoisotopic (exact) mass is 451 g/mol. The van der Waals surface area contributed by atoms with Crippen molar-refractivity contribution in [1.82, 2.24) is 0 Å². The number of ether oxygens (including phenoxy) is 3. The molecule has 0 saturated heterocycles. The highest BCUT2D eigenvalue weighted by molar-refractivity contribution is 5.98. The van der Waals surface area contributed by atoms with Crippen molar-refractivity contribution in [3.05, 3.63) is 70.8 Å². The van der Waals surface area contributed by atoms with Crippen LogP contribution in [-0.4, -0.2) is 31.6 Å². The largest absolute Gasteiger partial charge is 0.490 e. The van der Waals surface area contributed by atoms with E-state index in [2.05, 4.69) is 55.4 Å². The summed E-state index contributed by atoms with van der Waals surface area (Å²) in [6.45, 7) is 9.29. The van der Waals surface area contributed by atoms with Crippen molar-refractivity contribution in [2.75, 3.05) is 13.7 Å². The van der Waals surface area contributed by atoms with Crippen LogP contribution in [0.3, 0.4) is 0 Å². The van der Waals surface area contributed by atoms with Crippen molar-refractivity contribution in [3.8, 4) is 11.5 Å². The molecule has 0 radical (unpaired) electrons. The molecule has 5 nitrogen and oxygen atoms in total. The molecule has 1 aliphatic carbocycles. The van der Waals surface area contributed by atoms with E-state index in [4.69, 9.17) is 19.0 Å². The first-order chi connectivity index (χ1) is 16.0. The molecular formula is C28H37NO4. The number of rotatable bonds is 10. The Morgan fingerprint density at radius 2 is 1.76 bits per heavy atom. The van der Waals surface area contributed by atoms with Crippen molar-refractivity contribution in [2.24, 2.45) is 5.16 Å². The molecule has 3 rings (SSSR count). The SMILES string of the molecule is C/C=C/COc1cc(C)c(OC2CCCC(OCc3ccc(/C(C)=N/OC)cc3)C2)c(C)c1. The summed E-state index contributed by atoms with van der Waals surface area (Å²) in [6, 6.07) is 12.4. The first kappa shape index (κ1) is 24.8. The summed E-state index contributed by atoms with van der Waals surface area (Å²) in [5.74, 6) is 1.86. The van der Waals surface area contributed by atoms with E-state index < -0.39 is 0 Å². The summed E-state index contributed by atoms with van der Waals surface area (Å²) < 4.78 is 18.5. The van der Waals surface area contributed by atoms with Crippen LogP contribution in [0.2, 0.25) is 0 Å². The summed E-state index contributed by atoms with van der Waals surface area (Å²) in [5.41, 5.74) is 5.30. The van der Waals surface area contributed by atoms with Crippen LogP contribution in [0.1, 0.15) is 61.8 Å². The zero-order chi connectivity index (χ0) is 23.6. The fourth-order valence-electron chi connectivity index (χ4n) is 4.19. The Labute approximate surface area is 198 Å². The smallest absolute Gasteiger partial charge is 0.125 e. The summed E-state index contributed by atoms with van der Waals surface area (Å²) >= 11 is 0. The number of oxime groups is 1. The topological polar surface area (TPSA) is 49.3 Å². The summed E-state index contributed by atoms with van der Waals surface area (Å²) in [5, 5.41) is 3.98. The molecule has 0 bridgehead atoms. The molecule has 0 aromatic heterocycles. The minimum absolute atomic E-state index is 0.172. The maximum Gasteiger partial charge on any atom is 0.125 e. The maximum absolute atomic E-state index is 6.47. The van der Waals surface area contributed by atoms with Crippen LogP contribution >= 0.6 is 0 Å². The molecule has 1 aliphatic rings. The highest BCUT2D eigenvalue weighted by Gasteiger charge is 2.25. The van der Waals surface area contributed by atoms with Crippen molar-refractivity contribution in [2.45, 2.75) is 72.2 Å². The Balaban J connectivity index is 1.54. The van der Waals surface area contributed by atoms with Gasteiger partial charge >= 0.3 is 0 Å². The van der Waals surface area contributed by atoms with Gasteiger partial charge in [-0.2, -0.15) is 0 Å². The second kappa shape index (κ2) is 12.4. The number of benzene rings is 2. The van der Waals surface area contributed by atoms with Gasteiger partial charge in [0, 0.05) is 6.42 Å². The average Bonchev–Trinajstić information content (AvgIpc) is 2.81. The van der Waals surface area contributed by atoms with Gasteiger partial charge < -0.3 is 19.0 Å².